The monoisotopic (exact) mass is 292 g/mol. The van der Waals surface area contributed by atoms with Gasteiger partial charge in [0.25, 0.3) is 0 Å². The van der Waals surface area contributed by atoms with E-state index in [0.29, 0.717) is 19.1 Å². The zero-order valence-electron chi connectivity index (χ0n) is 12.9. The Kier molecular flexibility index (Phi) is 4.37. The molecule has 2 fully saturated rings. The smallest absolute Gasteiger partial charge is 0.225 e. The highest BCUT2D eigenvalue weighted by atomic mass is 16.5. The lowest BCUT2D eigenvalue weighted by Gasteiger charge is -2.31. The second kappa shape index (κ2) is 6.25. The van der Waals surface area contributed by atoms with Crippen LogP contribution in [-0.4, -0.2) is 74.0 Å². The van der Waals surface area contributed by atoms with Gasteiger partial charge in [0.15, 0.2) is 0 Å². The molecule has 3 rings (SSSR count). The van der Waals surface area contributed by atoms with Crippen molar-refractivity contribution in [1.82, 2.24) is 14.9 Å². The first-order valence-electron chi connectivity index (χ1n) is 7.55. The molecule has 0 amide bonds. The first kappa shape index (κ1) is 14.7. The second-order valence-corrected chi connectivity index (χ2v) is 6.35. The minimum atomic E-state index is -0.212. The Balaban J connectivity index is 1.71. The van der Waals surface area contributed by atoms with Crippen molar-refractivity contribution in [3.8, 4) is 0 Å². The van der Waals surface area contributed by atoms with Crippen LogP contribution in [0.4, 0.5) is 5.95 Å². The first-order chi connectivity index (χ1) is 10.2. The van der Waals surface area contributed by atoms with Gasteiger partial charge in [0.05, 0.1) is 26.4 Å². The molecular weight excluding hydrogens is 268 g/mol. The lowest BCUT2D eigenvalue weighted by atomic mass is 9.94. The fraction of sp³-hybridized carbons (Fsp3) is 0.733. The van der Waals surface area contributed by atoms with Crippen LogP contribution in [0.1, 0.15) is 6.42 Å². The topological polar surface area (TPSA) is 50.7 Å². The van der Waals surface area contributed by atoms with Crippen LogP contribution >= 0.6 is 0 Å². The second-order valence-electron chi connectivity index (χ2n) is 6.35. The van der Waals surface area contributed by atoms with E-state index in [2.05, 4.69) is 33.9 Å². The number of ether oxygens (including phenoxy) is 2. The number of nitrogens with zero attached hydrogens (tertiary/aromatic N) is 4. The maximum Gasteiger partial charge on any atom is 0.225 e. The molecule has 0 aromatic carbocycles. The summed E-state index contributed by atoms with van der Waals surface area (Å²) in [5.41, 5.74) is -0.212. The Labute approximate surface area is 126 Å². The molecule has 2 aliphatic heterocycles. The Morgan fingerprint density at radius 2 is 2.19 bits per heavy atom. The highest BCUT2D eigenvalue weighted by molar-refractivity contribution is 5.30. The summed E-state index contributed by atoms with van der Waals surface area (Å²) in [7, 11) is 4.22. The summed E-state index contributed by atoms with van der Waals surface area (Å²) in [5, 5.41) is 0. The van der Waals surface area contributed by atoms with E-state index >= 15 is 0 Å². The maximum absolute atomic E-state index is 6.18. The summed E-state index contributed by atoms with van der Waals surface area (Å²) in [4.78, 5) is 13.1. The summed E-state index contributed by atoms with van der Waals surface area (Å²) in [6.45, 7) is 4.85. The van der Waals surface area contributed by atoms with Gasteiger partial charge in [-0.3, -0.25) is 0 Å². The molecule has 2 atom stereocenters. The molecule has 0 bridgehead atoms. The zero-order chi connectivity index (χ0) is 14.7. The average Bonchev–Trinajstić information content (AvgIpc) is 2.73. The zero-order valence-corrected chi connectivity index (χ0v) is 12.9. The van der Waals surface area contributed by atoms with E-state index in [4.69, 9.17) is 9.47 Å². The van der Waals surface area contributed by atoms with Crippen molar-refractivity contribution in [2.75, 3.05) is 58.5 Å². The van der Waals surface area contributed by atoms with Crippen LogP contribution in [-0.2, 0) is 9.47 Å². The van der Waals surface area contributed by atoms with Crippen LogP contribution in [0, 0.1) is 5.92 Å². The molecule has 6 heteroatoms. The summed E-state index contributed by atoms with van der Waals surface area (Å²) in [6, 6.07) is 1.84. The van der Waals surface area contributed by atoms with Crippen LogP contribution in [0.15, 0.2) is 18.5 Å². The van der Waals surface area contributed by atoms with Crippen LogP contribution in [0.3, 0.4) is 0 Å². The third kappa shape index (κ3) is 3.51. The van der Waals surface area contributed by atoms with Crippen molar-refractivity contribution < 1.29 is 9.47 Å². The van der Waals surface area contributed by atoms with Gasteiger partial charge >= 0.3 is 0 Å². The van der Waals surface area contributed by atoms with Gasteiger partial charge in [0.1, 0.15) is 5.60 Å². The lowest BCUT2D eigenvalue weighted by molar-refractivity contribution is -0.0458. The molecule has 1 aromatic rings. The van der Waals surface area contributed by atoms with Crippen molar-refractivity contribution in [2.45, 2.75) is 12.0 Å². The molecule has 1 aromatic heterocycles. The fourth-order valence-electron chi connectivity index (χ4n) is 3.31. The van der Waals surface area contributed by atoms with E-state index in [1.54, 1.807) is 12.4 Å². The van der Waals surface area contributed by atoms with Crippen LogP contribution in [0.2, 0.25) is 0 Å². The molecule has 0 aliphatic carbocycles. The fourth-order valence-corrected chi connectivity index (χ4v) is 3.31. The molecular formula is C15H24N4O2. The van der Waals surface area contributed by atoms with E-state index < -0.39 is 0 Å². The van der Waals surface area contributed by atoms with Crippen molar-refractivity contribution in [2.24, 2.45) is 5.92 Å². The van der Waals surface area contributed by atoms with Crippen molar-refractivity contribution >= 4 is 5.95 Å². The molecule has 116 valence electrons. The largest absolute Gasteiger partial charge is 0.377 e. The van der Waals surface area contributed by atoms with Crippen LogP contribution < -0.4 is 4.90 Å². The van der Waals surface area contributed by atoms with Gasteiger partial charge in [0.2, 0.25) is 5.95 Å². The average molecular weight is 292 g/mol. The molecule has 1 spiro atoms. The van der Waals surface area contributed by atoms with Gasteiger partial charge in [0, 0.05) is 25.5 Å². The van der Waals surface area contributed by atoms with Gasteiger partial charge in [-0.25, -0.2) is 9.97 Å². The molecule has 0 N–H and O–H groups in total. The van der Waals surface area contributed by atoms with Crippen molar-refractivity contribution in [3.63, 3.8) is 0 Å². The van der Waals surface area contributed by atoms with E-state index in [1.165, 1.54) is 0 Å². The molecule has 0 saturated carbocycles. The van der Waals surface area contributed by atoms with Crippen LogP contribution in [0.25, 0.3) is 0 Å². The van der Waals surface area contributed by atoms with E-state index in [1.807, 2.05) is 6.07 Å². The summed E-state index contributed by atoms with van der Waals surface area (Å²) >= 11 is 0. The highest BCUT2D eigenvalue weighted by Gasteiger charge is 2.43. The van der Waals surface area contributed by atoms with Crippen molar-refractivity contribution in [1.29, 1.82) is 0 Å². The standard InChI is InChI=1S/C15H24N4O2/c1-18(2)9-13-8-15(21-10-13)11-19(6-7-20-12-15)14-16-4-3-5-17-14/h3-5,13H,6-12H2,1-2H3/t13-,15-/m1/s1. The Morgan fingerprint density at radius 3 is 2.95 bits per heavy atom. The van der Waals surface area contributed by atoms with Gasteiger partial charge in [-0.1, -0.05) is 0 Å². The van der Waals surface area contributed by atoms with E-state index in [9.17, 15) is 0 Å². The number of hydrogen-bond acceptors (Lipinski definition) is 6. The highest BCUT2D eigenvalue weighted by Crippen LogP contribution is 2.33. The molecule has 0 radical (unpaired) electrons. The SMILES string of the molecule is CN(C)C[C@@H]1CO[C@]2(COCCN(c3ncccn3)C2)C1. The number of rotatable bonds is 3. The molecule has 3 heterocycles. The predicted molar refractivity (Wildman–Crippen MR) is 80.4 cm³/mol. The van der Waals surface area contributed by atoms with Gasteiger partial charge in [-0.2, -0.15) is 0 Å². The third-order valence-electron chi connectivity index (χ3n) is 4.09. The Morgan fingerprint density at radius 1 is 1.38 bits per heavy atom. The first-order valence-corrected chi connectivity index (χ1v) is 7.55. The van der Waals surface area contributed by atoms with Crippen LogP contribution in [0.5, 0.6) is 0 Å². The molecule has 2 saturated heterocycles. The Bertz CT molecular complexity index is 456. The summed E-state index contributed by atoms with van der Waals surface area (Å²) < 4.78 is 12.0. The Hall–Kier alpha value is -1.24. The third-order valence-corrected chi connectivity index (χ3v) is 4.09. The minimum Gasteiger partial charge on any atom is -0.377 e. The quantitative estimate of drug-likeness (QED) is 0.815. The molecule has 6 nitrogen and oxygen atoms in total. The molecule has 21 heavy (non-hydrogen) atoms. The van der Waals surface area contributed by atoms with Gasteiger partial charge < -0.3 is 19.3 Å². The summed E-state index contributed by atoms with van der Waals surface area (Å²) in [5.74, 6) is 1.34. The van der Waals surface area contributed by atoms with Gasteiger partial charge in [-0.15, -0.1) is 0 Å². The molecule has 2 aliphatic rings. The van der Waals surface area contributed by atoms with Gasteiger partial charge in [-0.05, 0) is 32.5 Å². The van der Waals surface area contributed by atoms with E-state index in [-0.39, 0.29) is 5.60 Å². The minimum absolute atomic E-state index is 0.212. The lowest BCUT2D eigenvalue weighted by Crippen LogP contribution is -2.44. The van der Waals surface area contributed by atoms with Crippen molar-refractivity contribution in [3.05, 3.63) is 18.5 Å². The number of aromatic nitrogens is 2. The normalized spacial score (nSPS) is 30.0. The molecule has 0 unspecified atom stereocenters. The van der Waals surface area contributed by atoms with E-state index in [0.717, 1.165) is 38.6 Å². The maximum atomic E-state index is 6.18. The summed E-state index contributed by atoms with van der Waals surface area (Å²) in [6.07, 6.45) is 4.60. The predicted octanol–water partition coefficient (Wildman–Crippen LogP) is 0.650. The number of hydrogen-bond donors (Lipinski definition) is 0. The number of anilines is 1.